The molecule has 1 aromatic heterocycles. The van der Waals surface area contributed by atoms with Gasteiger partial charge in [-0.05, 0) is 12.8 Å². The first-order valence-electron chi connectivity index (χ1n) is 3.81. The van der Waals surface area contributed by atoms with Crippen molar-refractivity contribution >= 4 is 12.8 Å². The molecular weight excluding hydrogens is 158 g/mol. The first-order valence-corrected chi connectivity index (χ1v) is 4.21. The van der Waals surface area contributed by atoms with Gasteiger partial charge in [0.1, 0.15) is 6.33 Å². The molecule has 0 aliphatic rings. The van der Waals surface area contributed by atoms with Gasteiger partial charge in [-0.2, -0.15) is 4.09 Å². The van der Waals surface area contributed by atoms with E-state index in [-0.39, 0.29) is 0 Å². The third-order valence-corrected chi connectivity index (χ3v) is 1.21. The van der Waals surface area contributed by atoms with E-state index in [9.17, 15) is 0 Å². The Morgan fingerprint density at radius 1 is 1.45 bits per heavy atom. The summed E-state index contributed by atoms with van der Waals surface area (Å²) in [7, 11) is 0. The van der Waals surface area contributed by atoms with Crippen molar-refractivity contribution in [1.82, 2.24) is 14.2 Å². The van der Waals surface area contributed by atoms with Crippen molar-refractivity contribution in [2.24, 2.45) is 0 Å². The molecule has 0 aliphatic carbocycles. The van der Waals surface area contributed by atoms with Crippen LogP contribution in [0.1, 0.15) is 39.4 Å². The standard InChI is InChI=1S/C5H9N3S.C2H6/c1-4(2)5-6-3-8(9)7-5;1-2/h3-4,9H,1-2H3;1-2H3. The molecule has 0 spiro atoms. The van der Waals surface area contributed by atoms with Crippen LogP contribution in [-0.2, 0) is 0 Å². The highest BCUT2D eigenvalue weighted by atomic mass is 32.1. The quantitative estimate of drug-likeness (QED) is 0.659. The highest BCUT2D eigenvalue weighted by Crippen LogP contribution is 2.06. The van der Waals surface area contributed by atoms with E-state index in [0.29, 0.717) is 5.92 Å². The highest BCUT2D eigenvalue weighted by Gasteiger charge is 2.01. The normalized spacial score (nSPS) is 9.27. The molecule has 0 bridgehead atoms. The molecule has 1 rings (SSSR count). The average Bonchev–Trinajstić information content (AvgIpc) is 2.40. The molecule has 0 aromatic carbocycles. The minimum atomic E-state index is 0.387. The largest absolute Gasteiger partial charge is 0.219 e. The summed E-state index contributed by atoms with van der Waals surface area (Å²) in [6, 6.07) is 0. The lowest BCUT2D eigenvalue weighted by Crippen LogP contribution is -1.90. The van der Waals surface area contributed by atoms with Crippen LogP contribution in [0.15, 0.2) is 6.33 Å². The van der Waals surface area contributed by atoms with Gasteiger partial charge in [-0.15, -0.1) is 5.10 Å². The Morgan fingerprint density at radius 2 is 2.00 bits per heavy atom. The monoisotopic (exact) mass is 173 g/mol. The molecule has 11 heavy (non-hydrogen) atoms. The van der Waals surface area contributed by atoms with Gasteiger partial charge in [0, 0.05) is 5.92 Å². The van der Waals surface area contributed by atoms with Gasteiger partial charge in [-0.25, -0.2) is 4.98 Å². The van der Waals surface area contributed by atoms with Gasteiger partial charge in [0.25, 0.3) is 0 Å². The van der Waals surface area contributed by atoms with E-state index in [0.717, 1.165) is 5.82 Å². The van der Waals surface area contributed by atoms with Crippen molar-refractivity contribution in [1.29, 1.82) is 0 Å². The van der Waals surface area contributed by atoms with E-state index in [1.807, 2.05) is 27.7 Å². The first kappa shape index (κ1) is 10.5. The van der Waals surface area contributed by atoms with E-state index in [1.54, 1.807) is 6.33 Å². The van der Waals surface area contributed by atoms with Gasteiger partial charge in [0.05, 0.1) is 0 Å². The van der Waals surface area contributed by atoms with Gasteiger partial charge >= 0.3 is 0 Å². The van der Waals surface area contributed by atoms with E-state index in [2.05, 4.69) is 22.9 Å². The van der Waals surface area contributed by atoms with Crippen molar-refractivity contribution in [2.45, 2.75) is 33.6 Å². The van der Waals surface area contributed by atoms with Crippen LogP contribution >= 0.6 is 12.8 Å². The molecule has 4 heteroatoms. The van der Waals surface area contributed by atoms with Crippen LogP contribution in [-0.4, -0.2) is 14.2 Å². The molecule has 1 heterocycles. The van der Waals surface area contributed by atoms with Crippen molar-refractivity contribution < 1.29 is 0 Å². The fraction of sp³-hybridized carbons (Fsp3) is 0.714. The highest BCUT2D eigenvalue weighted by molar-refractivity contribution is 7.78. The summed E-state index contributed by atoms with van der Waals surface area (Å²) in [6.45, 7) is 8.09. The molecule has 0 radical (unpaired) electrons. The van der Waals surface area contributed by atoms with Gasteiger partial charge < -0.3 is 0 Å². The van der Waals surface area contributed by atoms with Crippen LogP contribution in [0.2, 0.25) is 0 Å². The smallest absolute Gasteiger partial charge is 0.154 e. The zero-order valence-corrected chi connectivity index (χ0v) is 8.34. The number of nitrogens with zero attached hydrogens (tertiary/aromatic N) is 3. The maximum absolute atomic E-state index is 3.99. The molecule has 0 fully saturated rings. The van der Waals surface area contributed by atoms with E-state index in [1.165, 1.54) is 4.09 Å². The Bertz CT molecular complexity index is 195. The second-order valence-electron chi connectivity index (χ2n) is 2.18. The van der Waals surface area contributed by atoms with Gasteiger partial charge in [0.15, 0.2) is 5.82 Å². The second kappa shape index (κ2) is 5.18. The van der Waals surface area contributed by atoms with Crippen LogP contribution < -0.4 is 0 Å². The molecule has 0 saturated carbocycles. The molecule has 1 aromatic rings. The number of hydrogen-bond donors (Lipinski definition) is 1. The van der Waals surface area contributed by atoms with Crippen molar-refractivity contribution in [2.75, 3.05) is 0 Å². The molecule has 0 aliphatic heterocycles. The average molecular weight is 173 g/mol. The summed E-state index contributed by atoms with van der Waals surface area (Å²) in [6.07, 6.45) is 1.58. The maximum atomic E-state index is 3.99. The lowest BCUT2D eigenvalue weighted by atomic mass is 10.2. The van der Waals surface area contributed by atoms with Gasteiger partial charge in [0.2, 0.25) is 0 Å². The SMILES string of the molecule is CC.CC(C)c1ncn(S)n1. The maximum Gasteiger partial charge on any atom is 0.154 e. The lowest BCUT2D eigenvalue weighted by molar-refractivity contribution is 0.775. The number of thiol groups is 1. The zero-order valence-electron chi connectivity index (χ0n) is 7.44. The Labute approximate surface area is 73.4 Å². The van der Waals surface area contributed by atoms with Crippen LogP contribution in [0.5, 0.6) is 0 Å². The summed E-state index contributed by atoms with van der Waals surface area (Å²) < 4.78 is 1.41. The Balaban J connectivity index is 0.000000461. The Kier molecular flexibility index (Phi) is 4.94. The van der Waals surface area contributed by atoms with Crippen LogP contribution in [0, 0.1) is 0 Å². The summed E-state index contributed by atoms with van der Waals surface area (Å²) in [4.78, 5) is 3.99. The van der Waals surface area contributed by atoms with E-state index in [4.69, 9.17) is 0 Å². The minimum absolute atomic E-state index is 0.387. The number of hydrogen-bond acceptors (Lipinski definition) is 3. The third kappa shape index (κ3) is 3.41. The predicted octanol–water partition coefficient (Wildman–Crippen LogP) is 2.12. The second-order valence-corrected chi connectivity index (χ2v) is 2.59. The molecule has 0 atom stereocenters. The molecular formula is C7H15N3S. The molecule has 0 unspecified atom stereocenters. The molecule has 0 amide bonds. The van der Waals surface area contributed by atoms with Crippen LogP contribution in [0.4, 0.5) is 0 Å². The zero-order chi connectivity index (χ0) is 8.85. The van der Waals surface area contributed by atoms with Crippen LogP contribution in [0.3, 0.4) is 0 Å². The Hall–Kier alpha value is -0.510. The Morgan fingerprint density at radius 3 is 2.18 bits per heavy atom. The fourth-order valence-electron chi connectivity index (χ4n) is 0.532. The summed E-state index contributed by atoms with van der Waals surface area (Å²) in [5.74, 6) is 1.23. The summed E-state index contributed by atoms with van der Waals surface area (Å²) in [5, 5.41) is 3.98. The topological polar surface area (TPSA) is 30.7 Å². The lowest BCUT2D eigenvalue weighted by Gasteiger charge is -1.93. The summed E-state index contributed by atoms with van der Waals surface area (Å²) >= 11 is 3.94. The molecule has 3 nitrogen and oxygen atoms in total. The predicted molar refractivity (Wildman–Crippen MR) is 49.8 cm³/mol. The van der Waals surface area contributed by atoms with E-state index < -0.39 is 0 Å². The van der Waals surface area contributed by atoms with Gasteiger partial charge in [-0.1, -0.05) is 27.7 Å². The van der Waals surface area contributed by atoms with Crippen LogP contribution in [0.25, 0.3) is 0 Å². The minimum Gasteiger partial charge on any atom is -0.219 e. The van der Waals surface area contributed by atoms with E-state index >= 15 is 0 Å². The fourth-order valence-corrected chi connectivity index (χ4v) is 0.675. The number of aromatic nitrogens is 3. The molecule has 0 N–H and O–H groups in total. The van der Waals surface area contributed by atoms with Gasteiger partial charge in [-0.3, -0.25) is 0 Å². The number of rotatable bonds is 1. The van der Waals surface area contributed by atoms with Crippen molar-refractivity contribution in [3.63, 3.8) is 0 Å². The van der Waals surface area contributed by atoms with Crippen molar-refractivity contribution in [3.8, 4) is 0 Å². The van der Waals surface area contributed by atoms with Crippen molar-refractivity contribution in [3.05, 3.63) is 12.2 Å². The molecule has 64 valence electrons. The first-order chi connectivity index (χ1) is 5.20. The third-order valence-electron chi connectivity index (χ3n) is 1.01. The summed E-state index contributed by atoms with van der Waals surface area (Å²) in [5.41, 5.74) is 0. The molecule has 0 saturated heterocycles.